The SMILES string of the molecule is O=C(O)C(O)C(O)C(O)C(O)C(=O)O.[Y]. The number of carboxylic acid groups (broad SMARTS) is 2. The van der Waals surface area contributed by atoms with Crippen molar-refractivity contribution in [2.45, 2.75) is 24.4 Å². The van der Waals surface area contributed by atoms with Crippen LogP contribution in [0.25, 0.3) is 0 Å². The number of hydrogen-bond donors (Lipinski definition) is 6. The Morgan fingerprint density at radius 3 is 1.07 bits per heavy atom. The number of carbonyl (C=O) groups is 2. The van der Waals surface area contributed by atoms with E-state index in [1.807, 2.05) is 0 Å². The van der Waals surface area contributed by atoms with Gasteiger partial charge < -0.3 is 30.6 Å². The van der Waals surface area contributed by atoms with E-state index in [1.54, 1.807) is 0 Å². The third kappa shape index (κ3) is 4.96. The van der Waals surface area contributed by atoms with Crippen LogP contribution in [-0.4, -0.2) is 67.0 Å². The van der Waals surface area contributed by atoms with E-state index >= 15 is 0 Å². The summed E-state index contributed by atoms with van der Waals surface area (Å²) < 4.78 is 0. The summed E-state index contributed by atoms with van der Waals surface area (Å²) in [6.45, 7) is 0. The predicted octanol–water partition coefficient (Wildman–Crippen LogP) is -3.40. The Hall–Kier alpha value is -0.116. The fraction of sp³-hybridized carbons (Fsp3) is 0.667. The molecule has 4 atom stereocenters. The van der Waals surface area contributed by atoms with Crippen molar-refractivity contribution in [3.63, 3.8) is 0 Å². The molecule has 0 aromatic heterocycles. The van der Waals surface area contributed by atoms with Crippen molar-refractivity contribution >= 4 is 11.9 Å². The quantitative estimate of drug-likeness (QED) is 0.307. The maximum atomic E-state index is 10.1. The van der Waals surface area contributed by atoms with Crippen LogP contribution in [0.5, 0.6) is 0 Å². The molecule has 0 aliphatic heterocycles. The van der Waals surface area contributed by atoms with E-state index in [0.717, 1.165) is 0 Å². The van der Waals surface area contributed by atoms with Crippen molar-refractivity contribution in [2.24, 2.45) is 0 Å². The van der Waals surface area contributed by atoms with Crippen LogP contribution in [0.1, 0.15) is 0 Å². The second-order valence-electron chi connectivity index (χ2n) is 2.55. The smallest absolute Gasteiger partial charge is 0.335 e. The Labute approximate surface area is 109 Å². The van der Waals surface area contributed by atoms with Gasteiger partial charge in [0.15, 0.2) is 12.2 Å². The second-order valence-corrected chi connectivity index (χ2v) is 2.55. The summed E-state index contributed by atoms with van der Waals surface area (Å²) in [7, 11) is 0. The number of aliphatic hydroxyl groups excluding tert-OH is 4. The first-order chi connectivity index (χ1) is 6.29. The molecule has 6 N–H and O–H groups in total. The van der Waals surface area contributed by atoms with Gasteiger partial charge in [0.2, 0.25) is 0 Å². The molecule has 0 amide bonds. The Kier molecular flexibility index (Phi) is 8.30. The number of hydrogen-bond acceptors (Lipinski definition) is 6. The maximum Gasteiger partial charge on any atom is 0.335 e. The van der Waals surface area contributed by atoms with Crippen molar-refractivity contribution < 1.29 is 72.9 Å². The van der Waals surface area contributed by atoms with Gasteiger partial charge in [-0.15, -0.1) is 0 Å². The monoisotopic (exact) mass is 299 g/mol. The Balaban J connectivity index is 0. The van der Waals surface area contributed by atoms with Crippen LogP contribution in [0, 0.1) is 0 Å². The molecule has 0 saturated heterocycles. The summed E-state index contributed by atoms with van der Waals surface area (Å²) in [5.74, 6) is -3.68. The molecule has 85 valence electrons. The molecular weight excluding hydrogens is 289 g/mol. The minimum Gasteiger partial charge on any atom is -0.479 e. The van der Waals surface area contributed by atoms with Crippen molar-refractivity contribution in [1.82, 2.24) is 0 Å². The van der Waals surface area contributed by atoms with E-state index in [4.69, 9.17) is 30.6 Å². The standard InChI is InChI=1S/C6H10O8.Y/c7-1(3(9)5(11)12)2(8)4(10)6(13)14;/h1-4,7-10H,(H,11,12)(H,13,14);. The van der Waals surface area contributed by atoms with E-state index in [0.29, 0.717) is 0 Å². The van der Waals surface area contributed by atoms with Gasteiger partial charge in [-0.3, -0.25) is 0 Å². The summed E-state index contributed by atoms with van der Waals surface area (Å²) in [5, 5.41) is 51.5. The molecule has 0 aliphatic rings. The fourth-order valence-corrected chi connectivity index (χ4v) is 0.666. The van der Waals surface area contributed by atoms with Gasteiger partial charge in [0, 0.05) is 32.7 Å². The van der Waals surface area contributed by atoms with Gasteiger partial charge in [0.25, 0.3) is 0 Å². The first kappa shape index (κ1) is 17.3. The van der Waals surface area contributed by atoms with Crippen molar-refractivity contribution in [1.29, 1.82) is 0 Å². The van der Waals surface area contributed by atoms with Crippen LogP contribution in [0.2, 0.25) is 0 Å². The zero-order valence-electron chi connectivity index (χ0n) is 7.39. The largest absolute Gasteiger partial charge is 0.479 e. The van der Waals surface area contributed by atoms with Crippen molar-refractivity contribution in [3.8, 4) is 0 Å². The molecule has 0 heterocycles. The molecule has 9 heteroatoms. The molecule has 15 heavy (non-hydrogen) atoms. The summed E-state index contributed by atoms with van der Waals surface area (Å²) in [5.41, 5.74) is 0. The van der Waals surface area contributed by atoms with Gasteiger partial charge in [-0.25, -0.2) is 9.59 Å². The summed E-state index contributed by atoms with van der Waals surface area (Å²) in [6, 6.07) is 0. The van der Waals surface area contributed by atoms with Gasteiger partial charge in [0.1, 0.15) is 12.2 Å². The molecule has 0 spiro atoms. The molecule has 0 saturated carbocycles. The van der Waals surface area contributed by atoms with Gasteiger partial charge in [-0.05, 0) is 0 Å². The fourth-order valence-electron chi connectivity index (χ4n) is 0.666. The summed E-state index contributed by atoms with van der Waals surface area (Å²) in [4.78, 5) is 20.2. The molecule has 0 rings (SSSR count). The average Bonchev–Trinajstić information content (AvgIpc) is 2.12. The summed E-state index contributed by atoms with van der Waals surface area (Å²) >= 11 is 0. The Morgan fingerprint density at radius 1 is 0.733 bits per heavy atom. The second kappa shape index (κ2) is 7.21. The molecule has 0 aromatic rings. The molecule has 4 unspecified atom stereocenters. The minimum absolute atomic E-state index is 0. The van der Waals surface area contributed by atoms with E-state index in [2.05, 4.69) is 0 Å². The molecule has 0 fully saturated rings. The molecular formula is C6H10O8Y. The zero-order chi connectivity index (χ0) is 11.5. The van der Waals surface area contributed by atoms with Crippen molar-refractivity contribution in [2.75, 3.05) is 0 Å². The topological polar surface area (TPSA) is 156 Å². The molecule has 8 nitrogen and oxygen atoms in total. The van der Waals surface area contributed by atoms with Gasteiger partial charge >= 0.3 is 11.9 Å². The third-order valence-electron chi connectivity index (χ3n) is 1.50. The number of carboxylic acids is 2. The number of rotatable bonds is 5. The van der Waals surface area contributed by atoms with E-state index < -0.39 is 36.4 Å². The van der Waals surface area contributed by atoms with Crippen LogP contribution in [0.3, 0.4) is 0 Å². The Bertz CT molecular complexity index is 207. The van der Waals surface area contributed by atoms with E-state index in [9.17, 15) is 9.59 Å². The minimum atomic E-state index is -2.36. The van der Waals surface area contributed by atoms with Crippen molar-refractivity contribution in [3.05, 3.63) is 0 Å². The molecule has 0 aliphatic carbocycles. The zero-order valence-corrected chi connectivity index (χ0v) is 10.2. The van der Waals surface area contributed by atoms with E-state index in [-0.39, 0.29) is 32.7 Å². The average molecular weight is 299 g/mol. The Morgan fingerprint density at radius 2 is 0.933 bits per heavy atom. The molecule has 1 radical (unpaired) electrons. The van der Waals surface area contributed by atoms with Gasteiger partial charge in [0.05, 0.1) is 0 Å². The summed E-state index contributed by atoms with van der Waals surface area (Å²) in [6.07, 6.45) is -9.28. The van der Waals surface area contributed by atoms with Crippen LogP contribution < -0.4 is 0 Å². The number of aliphatic carboxylic acids is 2. The first-order valence-corrected chi connectivity index (χ1v) is 3.47. The van der Waals surface area contributed by atoms with Crippen LogP contribution in [0.4, 0.5) is 0 Å². The van der Waals surface area contributed by atoms with Crippen LogP contribution in [0.15, 0.2) is 0 Å². The first-order valence-electron chi connectivity index (χ1n) is 3.47. The van der Waals surface area contributed by atoms with Gasteiger partial charge in [-0.2, -0.15) is 0 Å². The normalized spacial score (nSPS) is 18.1. The predicted molar refractivity (Wildman–Crippen MR) is 39.3 cm³/mol. The maximum absolute atomic E-state index is 10.1. The third-order valence-corrected chi connectivity index (χ3v) is 1.50. The molecule has 0 bridgehead atoms. The molecule has 0 aromatic carbocycles. The number of aliphatic hydroxyl groups is 4. The van der Waals surface area contributed by atoms with Gasteiger partial charge in [-0.1, -0.05) is 0 Å². The van der Waals surface area contributed by atoms with Crippen LogP contribution in [-0.2, 0) is 42.3 Å². The van der Waals surface area contributed by atoms with E-state index in [1.165, 1.54) is 0 Å². The van der Waals surface area contributed by atoms with Crippen LogP contribution >= 0.6 is 0 Å².